The van der Waals surface area contributed by atoms with E-state index >= 15 is 0 Å². The van der Waals surface area contributed by atoms with Crippen molar-refractivity contribution in [2.45, 2.75) is 18.9 Å². The van der Waals surface area contributed by atoms with Crippen LogP contribution in [0.1, 0.15) is 23.2 Å². The number of nitrogens with zero attached hydrogens (tertiary/aromatic N) is 2. The summed E-state index contributed by atoms with van der Waals surface area (Å²) in [6.45, 7) is 0.384. The minimum Gasteiger partial charge on any atom is -0.337 e. The fourth-order valence-corrected chi connectivity index (χ4v) is 2.53. The van der Waals surface area contributed by atoms with Gasteiger partial charge in [-0.15, -0.1) is 0 Å². The topological polar surface area (TPSA) is 89.5 Å². The molecule has 7 heteroatoms. The molecule has 1 fully saturated rings. The maximum absolute atomic E-state index is 12.4. The molecule has 6 nitrogen and oxygen atoms in total. The highest BCUT2D eigenvalue weighted by atomic mass is 35.5. The van der Waals surface area contributed by atoms with Crippen molar-refractivity contribution in [3.8, 4) is 0 Å². The van der Waals surface area contributed by atoms with E-state index in [1.54, 1.807) is 11.9 Å². The van der Waals surface area contributed by atoms with Gasteiger partial charge >= 0.3 is 0 Å². The van der Waals surface area contributed by atoms with Crippen LogP contribution >= 0.6 is 11.6 Å². The van der Waals surface area contributed by atoms with Gasteiger partial charge in [-0.05, 0) is 24.8 Å². The van der Waals surface area contributed by atoms with Gasteiger partial charge in [-0.25, -0.2) is 0 Å². The molecule has 0 aromatic heterocycles. The van der Waals surface area contributed by atoms with Crippen LogP contribution in [0.4, 0.5) is 5.69 Å². The summed E-state index contributed by atoms with van der Waals surface area (Å²) in [6, 6.07) is 3.87. The first-order valence-corrected chi connectivity index (χ1v) is 6.74. The lowest BCUT2D eigenvalue weighted by Gasteiger charge is -2.27. The molecule has 0 spiro atoms. The Labute approximate surface area is 121 Å². The molecule has 0 radical (unpaired) electrons. The third kappa shape index (κ3) is 3.08. The summed E-state index contributed by atoms with van der Waals surface area (Å²) in [4.78, 5) is 24.2. The number of carbonyl (C=O) groups excluding carboxylic acids is 1. The summed E-state index contributed by atoms with van der Waals surface area (Å²) in [5, 5.41) is 11.0. The Morgan fingerprint density at radius 1 is 1.55 bits per heavy atom. The zero-order valence-electron chi connectivity index (χ0n) is 11.1. The van der Waals surface area contributed by atoms with E-state index < -0.39 is 4.92 Å². The zero-order valence-corrected chi connectivity index (χ0v) is 11.8. The number of nitrogens with two attached hydrogens (primary N) is 1. The fraction of sp³-hybridized carbons (Fsp3) is 0.462. The summed E-state index contributed by atoms with van der Waals surface area (Å²) in [6.07, 6.45) is 2.13. The Morgan fingerprint density at radius 3 is 2.70 bits per heavy atom. The number of amides is 1. The van der Waals surface area contributed by atoms with Crippen molar-refractivity contribution in [2.24, 2.45) is 11.7 Å². The predicted molar refractivity (Wildman–Crippen MR) is 75.8 cm³/mol. The van der Waals surface area contributed by atoms with E-state index in [1.165, 1.54) is 18.2 Å². The number of hydrogen-bond acceptors (Lipinski definition) is 4. The van der Waals surface area contributed by atoms with Crippen molar-refractivity contribution in [1.29, 1.82) is 0 Å². The van der Waals surface area contributed by atoms with Crippen LogP contribution < -0.4 is 5.73 Å². The summed E-state index contributed by atoms with van der Waals surface area (Å²) in [7, 11) is 1.67. The molecule has 1 aliphatic carbocycles. The standard InChI is InChI=1S/C13H16ClN3O3/c1-16(12(7-15)8-2-3-8)13(18)9-4-10(14)6-11(5-9)17(19)20/h4-6,8,12H,2-3,7,15H2,1H3. The van der Waals surface area contributed by atoms with Crippen LogP contribution in [0.25, 0.3) is 0 Å². The minimum absolute atomic E-state index is 0.0273. The number of halogens is 1. The van der Waals surface area contributed by atoms with Gasteiger partial charge in [0, 0.05) is 42.4 Å². The number of nitro benzene ring substituents is 1. The van der Waals surface area contributed by atoms with Crippen molar-refractivity contribution in [2.75, 3.05) is 13.6 Å². The van der Waals surface area contributed by atoms with E-state index in [0.717, 1.165) is 12.8 Å². The molecular formula is C13H16ClN3O3. The van der Waals surface area contributed by atoms with Crippen molar-refractivity contribution in [1.82, 2.24) is 4.90 Å². The predicted octanol–water partition coefficient (Wildman–Crippen LogP) is 2.06. The SMILES string of the molecule is CN(C(=O)c1cc(Cl)cc([N+](=O)[O-])c1)C(CN)C1CC1. The lowest BCUT2D eigenvalue weighted by Crippen LogP contribution is -2.43. The lowest BCUT2D eigenvalue weighted by molar-refractivity contribution is -0.384. The number of hydrogen-bond donors (Lipinski definition) is 1. The quantitative estimate of drug-likeness (QED) is 0.665. The Hall–Kier alpha value is -1.66. The normalized spacial score (nSPS) is 15.8. The van der Waals surface area contributed by atoms with Crippen LogP contribution in [-0.2, 0) is 0 Å². The molecule has 1 unspecified atom stereocenters. The molecule has 1 atom stereocenters. The van der Waals surface area contributed by atoms with Crippen LogP contribution in [0.2, 0.25) is 5.02 Å². The van der Waals surface area contributed by atoms with Crippen molar-refractivity contribution in [3.63, 3.8) is 0 Å². The number of benzene rings is 1. The van der Waals surface area contributed by atoms with Crippen molar-refractivity contribution >= 4 is 23.2 Å². The van der Waals surface area contributed by atoms with Gasteiger partial charge in [0.25, 0.3) is 11.6 Å². The lowest BCUT2D eigenvalue weighted by atomic mass is 10.1. The molecule has 0 aliphatic heterocycles. The smallest absolute Gasteiger partial charge is 0.271 e. The van der Waals surface area contributed by atoms with Gasteiger partial charge in [0.15, 0.2) is 0 Å². The summed E-state index contributed by atoms with van der Waals surface area (Å²) in [5.74, 6) is 0.140. The highest BCUT2D eigenvalue weighted by Crippen LogP contribution is 2.35. The molecule has 0 saturated heterocycles. The Bertz CT molecular complexity index is 546. The highest BCUT2D eigenvalue weighted by Gasteiger charge is 2.35. The van der Waals surface area contributed by atoms with E-state index in [9.17, 15) is 14.9 Å². The zero-order chi connectivity index (χ0) is 14.9. The molecule has 1 amide bonds. The highest BCUT2D eigenvalue weighted by molar-refractivity contribution is 6.31. The van der Waals surface area contributed by atoms with Crippen LogP contribution in [0.3, 0.4) is 0 Å². The fourth-order valence-electron chi connectivity index (χ4n) is 2.31. The first-order chi connectivity index (χ1) is 9.43. The summed E-state index contributed by atoms with van der Waals surface area (Å²) >= 11 is 5.83. The maximum Gasteiger partial charge on any atom is 0.271 e. The molecule has 1 aromatic carbocycles. The van der Waals surface area contributed by atoms with Crippen molar-refractivity contribution in [3.05, 3.63) is 38.9 Å². The molecule has 1 aliphatic rings. The molecule has 2 N–H and O–H groups in total. The van der Waals surface area contributed by atoms with Gasteiger partial charge in [0.2, 0.25) is 0 Å². The monoisotopic (exact) mass is 297 g/mol. The molecule has 2 rings (SSSR count). The second-order valence-corrected chi connectivity index (χ2v) is 5.45. The van der Waals surface area contributed by atoms with Gasteiger partial charge in [0.1, 0.15) is 0 Å². The Kier molecular flexibility index (Phi) is 4.25. The second-order valence-electron chi connectivity index (χ2n) is 5.01. The van der Waals surface area contributed by atoms with Gasteiger partial charge in [-0.3, -0.25) is 14.9 Å². The van der Waals surface area contributed by atoms with Gasteiger partial charge in [0.05, 0.1) is 4.92 Å². The number of carbonyl (C=O) groups is 1. The van der Waals surface area contributed by atoms with Crippen LogP contribution in [0, 0.1) is 16.0 Å². The Morgan fingerprint density at radius 2 is 2.20 bits per heavy atom. The first kappa shape index (κ1) is 14.7. The first-order valence-electron chi connectivity index (χ1n) is 6.36. The van der Waals surface area contributed by atoms with E-state index in [1.807, 2.05) is 0 Å². The number of non-ortho nitro benzene ring substituents is 1. The molecule has 0 heterocycles. The number of rotatable bonds is 5. The van der Waals surface area contributed by atoms with Crippen LogP contribution in [0.5, 0.6) is 0 Å². The minimum atomic E-state index is -0.566. The van der Waals surface area contributed by atoms with E-state index in [2.05, 4.69) is 0 Å². The molecule has 0 bridgehead atoms. The Balaban J connectivity index is 2.25. The largest absolute Gasteiger partial charge is 0.337 e. The third-order valence-corrected chi connectivity index (χ3v) is 3.78. The van der Waals surface area contributed by atoms with E-state index in [4.69, 9.17) is 17.3 Å². The van der Waals surface area contributed by atoms with Gasteiger partial charge in [-0.1, -0.05) is 11.6 Å². The maximum atomic E-state index is 12.4. The number of nitro groups is 1. The van der Waals surface area contributed by atoms with Gasteiger partial charge in [-0.2, -0.15) is 0 Å². The summed E-state index contributed by atoms with van der Waals surface area (Å²) < 4.78 is 0. The molecule has 20 heavy (non-hydrogen) atoms. The average Bonchev–Trinajstić information content (AvgIpc) is 3.22. The molecule has 1 saturated carbocycles. The van der Waals surface area contributed by atoms with Crippen LogP contribution in [0.15, 0.2) is 18.2 Å². The van der Waals surface area contributed by atoms with Gasteiger partial charge < -0.3 is 10.6 Å². The second kappa shape index (κ2) is 5.76. The average molecular weight is 298 g/mol. The summed E-state index contributed by atoms with van der Waals surface area (Å²) in [5.41, 5.74) is 5.73. The molecule has 108 valence electrons. The molecule has 1 aromatic rings. The third-order valence-electron chi connectivity index (χ3n) is 3.57. The van der Waals surface area contributed by atoms with E-state index in [-0.39, 0.29) is 28.2 Å². The number of likely N-dealkylation sites (N-methyl/N-ethyl adjacent to an activating group) is 1. The molecular weight excluding hydrogens is 282 g/mol. The van der Waals surface area contributed by atoms with Crippen molar-refractivity contribution < 1.29 is 9.72 Å². The van der Waals surface area contributed by atoms with E-state index in [0.29, 0.717) is 12.5 Å². The van der Waals surface area contributed by atoms with Crippen LogP contribution in [-0.4, -0.2) is 35.4 Å².